The van der Waals surface area contributed by atoms with Crippen molar-refractivity contribution < 1.29 is 23.7 Å². The zero-order chi connectivity index (χ0) is 22.1. The van der Waals surface area contributed by atoms with Crippen LogP contribution >= 0.6 is 0 Å². The Morgan fingerprint density at radius 3 is 2.56 bits per heavy atom. The Labute approximate surface area is 186 Å². The van der Waals surface area contributed by atoms with Crippen LogP contribution in [-0.2, 0) is 6.61 Å². The molecular formula is C27H22O5. The lowest BCUT2D eigenvalue weighted by atomic mass is 10.0. The number of fused-ring (bicyclic) bond motifs is 2. The Hall–Kier alpha value is -3.99. The zero-order valence-corrected chi connectivity index (χ0v) is 17.8. The molecule has 0 aromatic heterocycles. The second-order valence-electron chi connectivity index (χ2n) is 7.68. The Bertz CT molecular complexity index is 1240. The van der Waals surface area contributed by atoms with Gasteiger partial charge in [-0.15, -0.1) is 0 Å². The second-order valence-corrected chi connectivity index (χ2v) is 7.68. The third-order valence-electron chi connectivity index (χ3n) is 5.52. The maximum Gasteiger partial charge on any atom is 0.231 e. The lowest BCUT2D eigenvalue weighted by molar-refractivity contribution is 0.101. The Balaban J connectivity index is 1.33. The quantitative estimate of drug-likeness (QED) is 0.497. The summed E-state index contributed by atoms with van der Waals surface area (Å²) in [4.78, 5) is 12.9. The monoisotopic (exact) mass is 426 g/mol. The van der Waals surface area contributed by atoms with E-state index < -0.39 is 0 Å². The molecule has 5 rings (SSSR count). The number of methoxy groups -OCH3 is 1. The third-order valence-corrected chi connectivity index (χ3v) is 5.52. The topological polar surface area (TPSA) is 54.0 Å². The average molecular weight is 426 g/mol. The highest BCUT2D eigenvalue weighted by Gasteiger charge is 2.29. The fourth-order valence-corrected chi connectivity index (χ4v) is 3.72. The van der Waals surface area contributed by atoms with Gasteiger partial charge in [0.05, 0.1) is 12.7 Å². The molecule has 0 saturated heterocycles. The molecule has 0 radical (unpaired) electrons. The van der Waals surface area contributed by atoms with E-state index in [1.807, 2.05) is 61.5 Å². The van der Waals surface area contributed by atoms with E-state index >= 15 is 0 Å². The lowest BCUT2D eigenvalue weighted by Gasteiger charge is -2.22. The highest BCUT2D eigenvalue weighted by atomic mass is 16.5. The molecule has 3 aromatic rings. The molecule has 5 heteroatoms. The van der Waals surface area contributed by atoms with Gasteiger partial charge in [-0.3, -0.25) is 4.79 Å². The van der Waals surface area contributed by atoms with Gasteiger partial charge < -0.3 is 18.9 Å². The minimum atomic E-state index is -0.180. The van der Waals surface area contributed by atoms with Crippen molar-refractivity contribution in [2.75, 3.05) is 7.11 Å². The summed E-state index contributed by atoms with van der Waals surface area (Å²) in [6.45, 7) is 2.36. The van der Waals surface area contributed by atoms with Crippen LogP contribution in [0.2, 0.25) is 0 Å². The van der Waals surface area contributed by atoms with E-state index in [-0.39, 0.29) is 17.6 Å². The largest absolute Gasteiger partial charge is 0.497 e. The smallest absolute Gasteiger partial charge is 0.231 e. The van der Waals surface area contributed by atoms with Gasteiger partial charge in [0.15, 0.2) is 5.76 Å². The highest BCUT2D eigenvalue weighted by Crippen LogP contribution is 2.36. The van der Waals surface area contributed by atoms with Crippen molar-refractivity contribution in [1.29, 1.82) is 0 Å². The van der Waals surface area contributed by atoms with Crippen LogP contribution in [0, 0.1) is 0 Å². The first-order chi connectivity index (χ1) is 15.6. The van der Waals surface area contributed by atoms with Crippen LogP contribution in [0.5, 0.6) is 23.0 Å². The number of benzene rings is 3. The van der Waals surface area contributed by atoms with Gasteiger partial charge in [0.25, 0.3) is 0 Å². The number of carbonyl (C=O) groups is 1. The summed E-state index contributed by atoms with van der Waals surface area (Å²) in [6, 6.07) is 20.8. The first-order valence-corrected chi connectivity index (χ1v) is 10.4. The second kappa shape index (κ2) is 8.27. The molecule has 32 heavy (non-hydrogen) atoms. The van der Waals surface area contributed by atoms with Gasteiger partial charge in [0.1, 0.15) is 35.7 Å². The van der Waals surface area contributed by atoms with Gasteiger partial charge in [-0.2, -0.15) is 0 Å². The summed E-state index contributed by atoms with van der Waals surface area (Å²) in [6.07, 6.45) is 3.61. The molecule has 0 bridgehead atoms. The van der Waals surface area contributed by atoms with Gasteiger partial charge in [0.2, 0.25) is 5.78 Å². The van der Waals surface area contributed by atoms with Crippen LogP contribution in [0.3, 0.4) is 0 Å². The average Bonchev–Trinajstić information content (AvgIpc) is 3.13. The van der Waals surface area contributed by atoms with E-state index in [9.17, 15) is 4.79 Å². The zero-order valence-electron chi connectivity index (χ0n) is 17.8. The van der Waals surface area contributed by atoms with Gasteiger partial charge in [-0.25, -0.2) is 0 Å². The van der Waals surface area contributed by atoms with Crippen LogP contribution in [0.15, 0.2) is 84.1 Å². The first-order valence-electron chi connectivity index (χ1n) is 10.4. The number of ether oxygens (including phenoxy) is 4. The van der Waals surface area contributed by atoms with Crippen molar-refractivity contribution in [1.82, 2.24) is 0 Å². The fourth-order valence-electron chi connectivity index (χ4n) is 3.72. The lowest BCUT2D eigenvalue weighted by Crippen LogP contribution is -2.18. The maximum atomic E-state index is 12.9. The van der Waals surface area contributed by atoms with Crippen molar-refractivity contribution in [3.63, 3.8) is 0 Å². The van der Waals surface area contributed by atoms with Crippen LogP contribution in [-0.4, -0.2) is 19.0 Å². The van der Waals surface area contributed by atoms with Gasteiger partial charge in [-0.1, -0.05) is 30.3 Å². The van der Waals surface area contributed by atoms with Gasteiger partial charge in [0, 0.05) is 11.6 Å². The molecule has 0 amide bonds. The molecule has 160 valence electrons. The Morgan fingerprint density at radius 2 is 1.75 bits per heavy atom. The van der Waals surface area contributed by atoms with Gasteiger partial charge >= 0.3 is 0 Å². The molecule has 2 heterocycles. The molecule has 0 saturated carbocycles. The molecule has 0 aliphatic carbocycles. The molecule has 3 aromatic carbocycles. The van der Waals surface area contributed by atoms with E-state index in [2.05, 4.69) is 0 Å². The Morgan fingerprint density at radius 1 is 0.969 bits per heavy atom. The number of para-hydroxylation sites is 1. The number of ketones is 1. The molecule has 5 nitrogen and oxygen atoms in total. The van der Waals surface area contributed by atoms with Gasteiger partial charge in [-0.05, 0) is 60.5 Å². The molecular weight excluding hydrogens is 404 g/mol. The van der Waals surface area contributed by atoms with Crippen molar-refractivity contribution in [3.05, 3.63) is 101 Å². The summed E-state index contributed by atoms with van der Waals surface area (Å²) in [7, 11) is 1.64. The summed E-state index contributed by atoms with van der Waals surface area (Å²) in [5.74, 6) is 2.91. The minimum absolute atomic E-state index is 0.145. The van der Waals surface area contributed by atoms with E-state index in [0.29, 0.717) is 23.7 Å². The summed E-state index contributed by atoms with van der Waals surface area (Å²) in [5.41, 5.74) is 3.41. The van der Waals surface area contributed by atoms with Crippen molar-refractivity contribution in [2.24, 2.45) is 0 Å². The molecule has 2 aliphatic heterocycles. The molecule has 0 fully saturated rings. The number of Topliss-reactive ketones (excluding diaryl/α,β-unsaturated/α-hetero) is 1. The predicted octanol–water partition coefficient (Wildman–Crippen LogP) is 5.60. The summed E-state index contributed by atoms with van der Waals surface area (Å²) >= 11 is 0. The fraction of sp³-hybridized carbons (Fsp3) is 0.148. The van der Waals surface area contributed by atoms with Crippen LogP contribution in [0.1, 0.15) is 28.4 Å². The van der Waals surface area contributed by atoms with Crippen molar-refractivity contribution >= 4 is 11.9 Å². The van der Waals surface area contributed by atoms with E-state index in [1.165, 1.54) is 0 Å². The number of hydrogen-bond acceptors (Lipinski definition) is 5. The number of rotatable bonds is 5. The summed E-state index contributed by atoms with van der Waals surface area (Å²) < 4.78 is 22.9. The van der Waals surface area contributed by atoms with E-state index in [1.54, 1.807) is 31.4 Å². The molecule has 0 N–H and O–H groups in total. The molecule has 0 spiro atoms. The molecule has 1 unspecified atom stereocenters. The van der Waals surface area contributed by atoms with E-state index in [4.69, 9.17) is 18.9 Å². The highest BCUT2D eigenvalue weighted by molar-refractivity contribution is 6.12. The van der Waals surface area contributed by atoms with Crippen LogP contribution in [0.25, 0.3) is 6.08 Å². The Kier molecular flexibility index (Phi) is 5.15. The van der Waals surface area contributed by atoms with Crippen LogP contribution < -0.4 is 18.9 Å². The number of allylic oxidation sites excluding steroid dienone is 1. The predicted molar refractivity (Wildman–Crippen MR) is 121 cm³/mol. The SMILES string of the molecule is COc1ccc(COc2ccc3c(c2)OC(=CC2=Cc4ccccc4OC2C)C3=O)cc1. The maximum absolute atomic E-state index is 12.9. The minimum Gasteiger partial charge on any atom is -0.497 e. The van der Waals surface area contributed by atoms with Crippen molar-refractivity contribution in [3.8, 4) is 23.0 Å². The third kappa shape index (κ3) is 3.85. The molecule has 1 atom stereocenters. The van der Waals surface area contributed by atoms with Crippen molar-refractivity contribution in [2.45, 2.75) is 19.6 Å². The van der Waals surface area contributed by atoms with E-state index in [0.717, 1.165) is 28.2 Å². The van der Waals surface area contributed by atoms with Crippen LogP contribution in [0.4, 0.5) is 0 Å². The number of hydrogen-bond donors (Lipinski definition) is 0. The number of carbonyl (C=O) groups excluding carboxylic acids is 1. The normalized spacial score (nSPS) is 17.7. The molecule has 2 aliphatic rings. The standard InChI is InChI=1S/C27H22O5/c1-17-20(13-19-5-3-4-6-24(19)31-17)14-26-27(28)23-12-11-22(15-25(23)32-26)30-16-18-7-9-21(29-2)10-8-18/h3-15,17H,16H2,1-2H3. The first kappa shape index (κ1) is 19.9. The summed E-state index contributed by atoms with van der Waals surface area (Å²) in [5, 5.41) is 0.